The Morgan fingerprint density at radius 1 is 1.28 bits per heavy atom. The van der Waals surface area contributed by atoms with Gasteiger partial charge in [0.15, 0.2) is 0 Å². The molecule has 0 amide bonds. The summed E-state index contributed by atoms with van der Waals surface area (Å²) in [7, 11) is 1.42. The first-order valence-corrected chi connectivity index (χ1v) is 11.7. The quantitative estimate of drug-likeness (QED) is 0.451. The van der Waals surface area contributed by atoms with E-state index in [1.165, 1.54) is 32.1 Å². The number of nitrogens with zero attached hydrogens (tertiary/aromatic N) is 2. The number of carbonyl (C=O) groups is 1. The van der Waals surface area contributed by atoms with Crippen LogP contribution in [-0.2, 0) is 9.53 Å². The molecular weight excluding hydrogens is 398 g/mol. The molecule has 1 aromatic carbocycles. The molecule has 5 nitrogen and oxygen atoms in total. The number of methoxy groups -OCH3 is 1. The van der Waals surface area contributed by atoms with Gasteiger partial charge in [-0.1, -0.05) is 31.7 Å². The normalized spacial score (nSPS) is 16.9. The number of nitrogens with one attached hydrogen (secondary N) is 1. The first-order valence-electron chi connectivity index (χ1n) is 11.7. The number of rotatable bonds is 8. The number of hydrogen-bond donors (Lipinski definition) is 1. The molecule has 0 unspecified atom stereocenters. The van der Waals surface area contributed by atoms with Crippen LogP contribution >= 0.6 is 0 Å². The van der Waals surface area contributed by atoms with Crippen molar-refractivity contribution in [3.8, 4) is 0 Å². The molecule has 0 bridgehead atoms. The van der Waals surface area contributed by atoms with E-state index in [1.54, 1.807) is 0 Å². The van der Waals surface area contributed by atoms with Gasteiger partial charge in [0.25, 0.3) is 0 Å². The van der Waals surface area contributed by atoms with E-state index in [9.17, 15) is 4.79 Å². The maximum Gasteiger partial charge on any atom is 0.338 e. The third-order valence-corrected chi connectivity index (χ3v) is 6.24. The second-order valence-electron chi connectivity index (χ2n) is 8.39. The number of allylic oxidation sites excluding steroid dienone is 4. The van der Waals surface area contributed by atoms with E-state index < -0.39 is 0 Å². The van der Waals surface area contributed by atoms with Crippen molar-refractivity contribution in [1.29, 1.82) is 0 Å². The van der Waals surface area contributed by atoms with Crippen LogP contribution in [0.15, 0.2) is 60.1 Å². The fourth-order valence-electron chi connectivity index (χ4n) is 4.57. The summed E-state index contributed by atoms with van der Waals surface area (Å²) in [6.07, 6.45) is 10.9. The van der Waals surface area contributed by atoms with E-state index in [4.69, 9.17) is 4.74 Å². The van der Waals surface area contributed by atoms with Gasteiger partial charge in [-0.2, -0.15) is 0 Å². The van der Waals surface area contributed by atoms with Crippen molar-refractivity contribution in [1.82, 2.24) is 10.2 Å². The van der Waals surface area contributed by atoms with Crippen LogP contribution in [0.5, 0.6) is 0 Å². The summed E-state index contributed by atoms with van der Waals surface area (Å²) < 4.78 is 4.96. The summed E-state index contributed by atoms with van der Waals surface area (Å²) in [5.41, 5.74) is 6.11. The number of aryl methyl sites for hydroxylation is 1. The number of hydrogen-bond acceptors (Lipinski definition) is 5. The lowest BCUT2D eigenvalue weighted by atomic mass is 9.99. The average Bonchev–Trinajstić information content (AvgIpc) is 2.84. The molecule has 2 heterocycles. The Balaban J connectivity index is 1.96. The molecule has 0 atom stereocenters. The van der Waals surface area contributed by atoms with E-state index in [0.717, 1.165) is 60.8 Å². The molecule has 0 saturated carbocycles. The largest absolute Gasteiger partial charge is 0.465 e. The number of ether oxygens (including phenoxy) is 1. The minimum Gasteiger partial charge on any atom is -0.465 e. The number of piperidine rings is 1. The lowest BCUT2D eigenvalue weighted by Gasteiger charge is -2.37. The smallest absolute Gasteiger partial charge is 0.338 e. The van der Waals surface area contributed by atoms with Gasteiger partial charge in [-0.25, -0.2) is 4.79 Å². The number of anilines is 1. The van der Waals surface area contributed by atoms with Crippen molar-refractivity contribution in [3.05, 3.63) is 71.2 Å². The van der Waals surface area contributed by atoms with Crippen molar-refractivity contribution in [2.24, 2.45) is 0 Å². The Kier molecular flexibility index (Phi) is 8.20. The predicted octanol–water partition coefficient (Wildman–Crippen LogP) is 5.16. The molecule has 0 spiro atoms. The summed E-state index contributed by atoms with van der Waals surface area (Å²) in [6, 6.07) is 6.26. The molecule has 0 aliphatic carbocycles. The number of esters is 1. The topological polar surface area (TPSA) is 44.8 Å². The highest BCUT2D eigenvalue weighted by atomic mass is 16.5. The van der Waals surface area contributed by atoms with Crippen LogP contribution in [0.2, 0.25) is 0 Å². The highest BCUT2D eigenvalue weighted by Gasteiger charge is 2.23. The van der Waals surface area contributed by atoms with Gasteiger partial charge < -0.3 is 19.9 Å². The Morgan fingerprint density at radius 2 is 2.03 bits per heavy atom. The van der Waals surface area contributed by atoms with Crippen LogP contribution in [0.25, 0.3) is 5.57 Å². The van der Waals surface area contributed by atoms with Crippen molar-refractivity contribution >= 4 is 17.2 Å². The third-order valence-electron chi connectivity index (χ3n) is 6.24. The van der Waals surface area contributed by atoms with E-state index in [1.807, 2.05) is 32.1 Å². The van der Waals surface area contributed by atoms with Gasteiger partial charge >= 0.3 is 5.97 Å². The fourth-order valence-corrected chi connectivity index (χ4v) is 4.57. The fraction of sp³-hybridized carbons (Fsp3) is 0.444. The van der Waals surface area contributed by atoms with Crippen LogP contribution in [-0.4, -0.2) is 44.2 Å². The molecule has 2 aliphatic heterocycles. The lowest BCUT2D eigenvalue weighted by molar-refractivity contribution is -0.133. The maximum absolute atomic E-state index is 12.2. The summed E-state index contributed by atoms with van der Waals surface area (Å²) >= 11 is 0. The monoisotopic (exact) mass is 435 g/mol. The van der Waals surface area contributed by atoms with Gasteiger partial charge in [-0.15, -0.1) is 0 Å². The van der Waals surface area contributed by atoms with Crippen LogP contribution < -0.4 is 10.2 Å². The molecule has 1 aromatic rings. The second kappa shape index (κ2) is 11.1. The minimum atomic E-state index is -0.310. The van der Waals surface area contributed by atoms with Crippen molar-refractivity contribution in [2.45, 2.75) is 46.5 Å². The predicted molar refractivity (Wildman–Crippen MR) is 133 cm³/mol. The molecule has 2 aliphatic rings. The maximum atomic E-state index is 12.2. The zero-order valence-corrected chi connectivity index (χ0v) is 20.0. The van der Waals surface area contributed by atoms with Gasteiger partial charge in [-0.3, -0.25) is 0 Å². The molecule has 1 N–H and O–H groups in total. The Bertz CT molecular complexity index is 936. The molecule has 32 heavy (non-hydrogen) atoms. The summed E-state index contributed by atoms with van der Waals surface area (Å²) in [4.78, 5) is 17.0. The Hall–Kier alpha value is -2.95. The van der Waals surface area contributed by atoms with Gasteiger partial charge in [0.05, 0.1) is 19.2 Å². The van der Waals surface area contributed by atoms with Gasteiger partial charge in [0, 0.05) is 36.6 Å². The molecule has 3 rings (SSSR count). The minimum absolute atomic E-state index is 0.310. The van der Waals surface area contributed by atoms with E-state index in [0.29, 0.717) is 5.57 Å². The lowest BCUT2D eigenvalue weighted by Crippen LogP contribution is -2.41. The number of carbonyl (C=O) groups excluding carboxylic acids is 1. The van der Waals surface area contributed by atoms with E-state index >= 15 is 0 Å². The first-order chi connectivity index (χ1) is 15.5. The van der Waals surface area contributed by atoms with Crippen molar-refractivity contribution in [2.75, 3.05) is 38.2 Å². The number of likely N-dealkylation sites (tertiary alicyclic amines) is 1. The Labute approximate surface area is 193 Å². The van der Waals surface area contributed by atoms with Crippen molar-refractivity contribution < 1.29 is 9.53 Å². The van der Waals surface area contributed by atoms with Crippen molar-refractivity contribution in [3.63, 3.8) is 0 Å². The molecule has 5 heteroatoms. The summed E-state index contributed by atoms with van der Waals surface area (Å²) in [6.45, 7) is 14.2. The zero-order valence-electron chi connectivity index (χ0n) is 20.0. The van der Waals surface area contributed by atoms with Crippen LogP contribution in [0.4, 0.5) is 5.69 Å². The third kappa shape index (κ3) is 5.09. The SMILES string of the molecule is C=CC1=C(N(CCC)c2ccc(/C(=C\C)C(=O)OC)c(C)c2)NCC(N2CCCCC2)=C1. The standard InChI is InChI=1S/C27H37N3O2/c1-6-14-30(22-12-13-25(20(4)17-22)24(8-3)27(31)32-5)26-21(7-2)18-23(19-28-26)29-15-10-9-11-16-29/h7-8,12-13,17-18,28H,2,6,9-11,14-16,19H2,1,3-5H3/b24-8+. The van der Waals surface area contributed by atoms with Gasteiger partial charge in [0.2, 0.25) is 0 Å². The van der Waals surface area contributed by atoms with Gasteiger partial charge in [0.1, 0.15) is 5.82 Å². The summed E-state index contributed by atoms with van der Waals surface area (Å²) in [5, 5.41) is 3.69. The molecular formula is C27H37N3O2. The van der Waals surface area contributed by atoms with Crippen LogP contribution in [0.3, 0.4) is 0 Å². The number of benzene rings is 1. The molecule has 1 saturated heterocycles. The molecule has 1 fully saturated rings. The summed E-state index contributed by atoms with van der Waals surface area (Å²) in [5.74, 6) is 0.781. The zero-order chi connectivity index (χ0) is 23.1. The molecule has 0 radical (unpaired) electrons. The van der Waals surface area contributed by atoms with Gasteiger partial charge in [-0.05, 0) is 68.9 Å². The van der Waals surface area contributed by atoms with Crippen LogP contribution in [0, 0.1) is 6.92 Å². The second-order valence-corrected chi connectivity index (χ2v) is 8.39. The highest BCUT2D eigenvalue weighted by molar-refractivity contribution is 6.16. The van der Waals surface area contributed by atoms with E-state index in [2.05, 4.69) is 46.8 Å². The average molecular weight is 436 g/mol. The number of dihydropyridines is 1. The molecule has 172 valence electrons. The van der Waals surface area contributed by atoms with E-state index in [-0.39, 0.29) is 5.97 Å². The Morgan fingerprint density at radius 3 is 2.62 bits per heavy atom. The molecule has 0 aromatic heterocycles. The van der Waals surface area contributed by atoms with Crippen LogP contribution in [0.1, 0.15) is 50.7 Å². The first kappa shape index (κ1) is 23.7. The highest BCUT2D eigenvalue weighted by Crippen LogP contribution is 2.30.